The van der Waals surface area contributed by atoms with Gasteiger partial charge in [0.05, 0.1) is 21.5 Å². The van der Waals surface area contributed by atoms with Crippen molar-refractivity contribution in [3.8, 4) is 11.5 Å². The van der Waals surface area contributed by atoms with E-state index in [1.807, 2.05) is 43.5 Å². The van der Waals surface area contributed by atoms with Gasteiger partial charge in [0.1, 0.15) is 12.9 Å². The maximum atomic E-state index is 5.95. The third-order valence-electron chi connectivity index (χ3n) is 3.04. The van der Waals surface area contributed by atoms with Gasteiger partial charge in [-0.1, -0.05) is 21.1 Å². The van der Waals surface area contributed by atoms with Crippen molar-refractivity contribution in [1.29, 1.82) is 0 Å². The summed E-state index contributed by atoms with van der Waals surface area (Å²) in [7, 11) is 1.54. The molecule has 22 heavy (non-hydrogen) atoms. The number of pyridine rings is 1. The molecule has 3 aromatic rings. The maximum Gasteiger partial charge on any atom is 0.154 e. The standard InChI is InChI=1S/C16H13BrN2O2S/c1-10(19-20-2)15-7-13-14(8-18-9-16(13)22-15)21-12-5-3-11(17)4-6-12/h3-9H,1-2H3/b19-10-. The van der Waals surface area contributed by atoms with E-state index in [0.29, 0.717) is 0 Å². The molecule has 3 rings (SSSR count). The van der Waals surface area contributed by atoms with Gasteiger partial charge in [-0.2, -0.15) is 0 Å². The van der Waals surface area contributed by atoms with Gasteiger partial charge >= 0.3 is 0 Å². The lowest BCUT2D eigenvalue weighted by atomic mass is 10.2. The van der Waals surface area contributed by atoms with Gasteiger partial charge in [-0.25, -0.2) is 0 Å². The molecule has 0 spiro atoms. The molecule has 0 saturated carbocycles. The number of halogens is 1. The average Bonchev–Trinajstić information content (AvgIpc) is 2.95. The minimum absolute atomic E-state index is 0.729. The van der Waals surface area contributed by atoms with E-state index in [2.05, 4.69) is 26.1 Å². The molecule has 0 N–H and O–H groups in total. The molecule has 0 bridgehead atoms. The van der Waals surface area contributed by atoms with E-state index in [1.54, 1.807) is 24.6 Å². The monoisotopic (exact) mass is 376 g/mol. The maximum absolute atomic E-state index is 5.95. The Morgan fingerprint density at radius 2 is 2.00 bits per heavy atom. The molecule has 112 valence electrons. The Morgan fingerprint density at radius 1 is 1.23 bits per heavy atom. The zero-order valence-corrected chi connectivity index (χ0v) is 14.4. The third kappa shape index (κ3) is 3.13. The van der Waals surface area contributed by atoms with Crippen molar-refractivity contribution in [1.82, 2.24) is 4.98 Å². The molecule has 0 aliphatic carbocycles. The molecular formula is C16H13BrN2O2S. The van der Waals surface area contributed by atoms with E-state index in [0.717, 1.165) is 36.6 Å². The number of rotatable bonds is 4. The molecule has 0 aliphatic heterocycles. The quantitative estimate of drug-likeness (QED) is 0.462. The number of thiophene rings is 1. The first-order chi connectivity index (χ1) is 10.7. The summed E-state index contributed by atoms with van der Waals surface area (Å²) in [6.45, 7) is 1.91. The van der Waals surface area contributed by atoms with Crippen LogP contribution in [0, 0.1) is 0 Å². The second-order valence-electron chi connectivity index (χ2n) is 4.58. The molecule has 0 radical (unpaired) electrons. The topological polar surface area (TPSA) is 43.7 Å². The van der Waals surface area contributed by atoms with Crippen LogP contribution in [0.25, 0.3) is 10.1 Å². The third-order valence-corrected chi connectivity index (χ3v) is 4.74. The van der Waals surface area contributed by atoms with Crippen LogP contribution in [0.15, 0.2) is 52.4 Å². The fourth-order valence-corrected chi connectivity index (χ4v) is 3.25. The highest BCUT2D eigenvalue weighted by molar-refractivity contribution is 9.10. The van der Waals surface area contributed by atoms with E-state index in [4.69, 9.17) is 9.57 Å². The van der Waals surface area contributed by atoms with Crippen molar-refractivity contribution in [2.75, 3.05) is 7.11 Å². The summed E-state index contributed by atoms with van der Waals surface area (Å²) in [6, 6.07) is 9.75. The summed E-state index contributed by atoms with van der Waals surface area (Å²) in [6.07, 6.45) is 3.56. The Hall–Kier alpha value is -1.92. The first-order valence-corrected chi connectivity index (χ1v) is 8.17. The Labute approximate surface area is 140 Å². The van der Waals surface area contributed by atoms with Gasteiger partial charge < -0.3 is 9.57 Å². The number of hydrogen-bond acceptors (Lipinski definition) is 5. The second-order valence-corrected chi connectivity index (χ2v) is 6.57. The molecule has 2 heterocycles. The Kier molecular flexibility index (Phi) is 4.40. The first kappa shape index (κ1) is 15.0. The number of ether oxygens (including phenoxy) is 1. The Morgan fingerprint density at radius 3 is 2.73 bits per heavy atom. The molecule has 4 nitrogen and oxygen atoms in total. The summed E-state index contributed by atoms with van der Waals surface area (Å²) in [5, 5.41) is 4.99. The van der Waals surface area contributed by atoms with Crippen LogP contribution in [0.2, 0.25) is 0 Å². The van der Waals surface area contributed by atoms with Crippen molar-refractivity contribution in [2.24, 2.45) is 5.16 Å². The molecule has 0 fully saturated rings. The van der Waals surface area contributed by atoms with E-state index in [9.17, 15) is 0 Å². The molecule has 2 aromatic heterocycles. The normalized spacial score (nSPS) is 11.7. The van der Waals surface area contributed by atoms with Crippen LogP contribution in [-0.4, -0.2) is 17.8 Å². The van der Waals surface area contributed by atoms with Gasteiger partial charge in [0, 0.05) is 16.1 Å². The first-order valence-electron chi connectivity index (χ1n) is 6.56. The molecule has 0 amide bonds. The molecular weight excluding hydrogens is 364 g/mol. The zero-order chi connectivity index (χ0) is 15.5. The molecule has 0 saturated heterocycles. The lowest BCUT2D eigenvalue weighted by Crippen LogP contribution is -1.90. The van der Waals surface area contributed by atoms with Gasteiger partial charge in [-0.3, -0.25) is 4.98 Å². The summed E-state index contributed by atoms with van der Waals surface area (Å²) >= 11 is 5.03. The summed E-state index contributed by atoms with van der Waals surface area (Å²) < 4.78 is 8.02. The highest BCUT2D eigenvalue weighted by Gasteiger charge is 2.11. The Balaban J connectivity index is 1.99. The number of benzene rings is 1. The summed E-state index contributed by atoms with van der Waals surface area (Å²) in [4.78, 5) is 10.1. The van der Waals surface area contributed by atoms with Crippen molar-refractivity contribution >= 4 is 43.1 Å². The van der Waals surface area contributed by atoms with Crippen LogP contribution in [-0.2, 0) is 4.84 Å². The zero-order valence-electron chi connectivity index (χ0n) is 12.0. The lowest BCUT2D eigenvalue weighted by molar-refractivity contribution is 0.213. The SMILES string of the molecule is CO/N=C(/C)c1cc2c(Oc3ccc(Br)cc3)cncc2s1. The number of fused-ring (bicyclic) bond motifs is 1. The fraction of sp³-hybridized carbons (Fsp3) is 0.125. The molecule has 1 aromatic carbocycles. The van der Waals surface area contributed by atoms with Crippen molar-refractivity contribution < 1.29 is 9.57 Å². The second kappa shape index (κ2) is 6.46. The number of nitrogens with zero attached hydrogens (tertiary/aromatic N) is 2. The highest BCUT2D eigenvalue weighted by Crippen LogP contribution is 2.34. The number of hydrogen-bond donors (Lipinski definition) is 0. The van der Waals surface area contributed by atoms with Crippen LogP contribution in [0.3, 0.4) is 0 Å². The van der Waals surface area contributed by atoms with E-state index < -0.39 is 0 Å². The fourth-order valence-electron chi connectivity index (χ4n) is 2.01. The average molecular weight is 377 g/mol. The van der Waals surface area contributed by atoms with Crippen LogP contribution in [0.5, 0.6) is 11.5 Å². The van der Waals surface area contributed by atoms with Crippen molar-refractivity contribution in [3.05, 3.63) is 52.1 Å². The van der Waals surface area contributed by atoms with Crippen molar-refractivity contribution in [3.63, 3.8) is 0 Å². The molecule has 0 aliphatic rings. The van der Waals surface area contributed by atoms with E-state index in [-0.39, 0.29) is 0 Å². The smallest absolute Gasteiger partial charge is 0.154 e. The van der Waals surface area contributed by atoms with Gasteiger partial charge in [0.25, 0.3) is 0 Å². The van der Waals surface area contributed by atoms with Gasteiger partial charge in [0.2, 0.25) is 0 Å². The molecule has 6 heteroatoms. The Bertz CT molecular complexity index is 828. The molecule has 0 unspecified atom stereocenters. The van der Waals surface area contributed by atoms with Crippen LogP contribution >= 0.6 is 27.3 Å². The van der Waals surface area contributed by atoms with Crippen LogP contribution < -0.4 is 4.74 Å². The molecule has 0 atom stereocenters. The van der Waals surface area contributed by atoms with E-state index >= 15 is 0 Å². The summed E-state index contributed by atoms with van der Waals surface area (Å²) in [5.74, 6) is 1.50. The van der Waals surface area contributed by atoms with Gasteiger partial charge in [0.15, 0.2) is 5.75 Å². The number of oxime groups is 1. The minimum atomic E-state index is 0.729. The van der Waals surface area contributed by atoms with Crippen LogP contribution in [0.4, 0.5) is 0 Å². The minimum Gasteiger partial charge on any atom is -0.455 e. The largest absolute Gasteiger partial charge is 0.455 e. The highest BCUT2D eigenvalue weighted by atomic mass is 79.9. The van der Waals surface area contributed by atoms with Crippen LogP contribution in [0.1, 0.15) is 11.8 Å². The van der Waals surface area contributed by atoms with E-state index in [1.165, 1.54) is 0 Å². The predicted molar refractivity (Wildman–Crippen MR) is 93.1 cm³/mol. The predicted octanol–water partition coefficient (Wildman–Crippen LogP) is 5.22. The van der Waals surface area contributed by atoms with Gasteiger partial charge in [-0.15, -0.1) is 11.3 Å². The number of aromatic nitrogens is 1. The van der Waals surface area contributed by atoms with Gasteiger partial charge in [-0.05, 0) is 37.3 Å². The lowest BCUT2D eigenvalue weighted by Gasteiger charge is -2.06. The summed E-state index contributed by atoms with van der Waals surface area (Å²) in [5.41, 5.74) is 0.832. The van der Waals surface area contributed by atoms with Crippen molar-refractivity contribution in [2.45, 2.75) is 6.92 Å².